The molecule has 0 saturated carbocycles. The number of aromatic nitrogens is 3. The first-order valence-electron chi connectivity index (χ1n) is 8.20. The van der Waals surface area contributed by atoms with Gasteiger partial charge in [-0.15, -0.1) is 0 Å². The minimum absolute atomic E-state index is 0.505. The Morgan fingerprint density at radius 1 is 1.04 bits per heavy atom. The molecule has 3 aromatic rings. The molecule has 2 N–H and O–H groups in total. The van der Waals surface area contributed by atoms with Crippen LogP contribution in [0.25, 0.3) is 11.4 Å². The van der Waals surface area contributed by atoms with E-state index in [-0.39, 0.29) is 0 Å². The molecular weight excluding hydrogens is 383 g/mol. The van der Waals surface area contributed by atoms with Gasteiger partial charge in [0.15, 0.2) is 5.82 Å². The molecule has 8 heteroatoms. The van der Waals surface area contributed by atoms with Crippen LogP contribution in [-0.4, -0.2) is 28.0 Å². The molecule has 0 aliphatic rings. The van der Waals surface area contributed by atoms with Crippen LogP contribution >= 0.6 is 23.2 Å². The molecule has 27 heavy (non-hydrogen) atoms. The molecule has 0 saturated heterocycles. The molecule has 0 aliphatic carbocycles. The molecule has 6 nitrogen and oxygen atoms in total. The molecule has 0 aliphatic heterocycles. The Hall–Kier alpha value is -2.88. The molecule has 1 aromatic carbocycles. The molecule has 2 aromatic heterocycles. The van der Waals surface area contributed by atoms with Crippen LogP contribution in [0.2, 0.25) is 10.0 Å². The summed E-state index contributed by atoms with van der Waals surface area (Å²) in [4.78, 5) is 13.1. The van der Waals surface area contributed by atoms with Crippen LogP contribution in [0.1, 0.15) is 11.1 Å². The van der Waals surface area contributed by atoms with Gasteiger partial charge < -0.3 is 10.6 Å². The number of benzene rings is 1. The molecule has 3 rings (SSSR count). The second-order valence-corrected chi connectivity index (χ2v) is 6.59. The summed E-state index contributed by atoms with van der Waals surface area (Å²) in [5.41, 5.74) is 2.19. The van der Waals surface area contributed by atoms with Crippen molar-refractivity contribution >= 4 is 34.8 Å². The lowest BCUT2D eigenvalue weighted by Crippen LogP contribution is -2.16. The van der Waals surface area contributed by atoms with Gasteiger partial charge >= 0.3 is 0 Å². The third-order valence-corrected chi connectivity index (χ3v) is 4.31. The van der Waals surface area contributed by atoms with Crippen LogP contribution in [-0.2, 0) is 0 Å². The Kier molecular flexibility index (Phi) is 6.07. The summed E-state index contributed by atoms with van der Waals surface area (Å²) >= 11 is 12.2. The summed E-state index contributed by atoms with van der Waals surface area (Å²) in [6, 6.07) is 10.8. The van der Waals surface area contributed by atoms with Crippen LogP contribution in [0.15, 0.2) is 42.7 Å². The Bertz CT molecular complexity index is 982. The zero-order valence-electron chi connectivity index (χ0n) is 14.5. The Labute approximate surface area is 167 Å². The zero-order chi connectivity index (χ0) is 19.2. The Morgan fingerprint density at radius 2 is 1.85 bits per heavy atom. The smallest absolute Gasteiger partial charge is 0.163 e. The molecular formula is C19H16Cl2N6. The Morgan fingerprint density at radius 3 is 2.56 bits per heavy atom. The maximum Gasteiger partial charge on any atom is 0.163 e. The maximum absolute atomic E-state index is 8.78. The molecule has 136 valence electrons. The highest BCUT2D eigenvalue weighted by Gasteiger charge is 2.10. The first-order valence-corrected chi connectivity index (χ1v) is 8.95. The first kappa shape index (κ1) is 18.9. The average Bonchev–Trinajstić information content (AvgIpc) is 2.67. The predicted molar refractivity (Wildman–Crippen MR) is 108 cm³/mol. The van der Waals surface area contributed by atoms with Gasteiger partial charge in [0.05, 0.1) is 10.6 Å². The van der Waals surface area contributed by atoms with Gasteiger partial charge in [0.25, 0.3) is 0 Å². The molecule has 2 heterocycles. The number of hydrogen-bond donors (Lipinski definition) is 2. The maximum atomic E-state index is 8.78. The number of nitrogens with zero attached hydrogens (tertiary/aromatic N) is 4. The third kappa shape index (κ3) is 4.85. The predicted octanol–water partition coefficient (Wildman–Crippen LogP) is 4.55. The topological polar surface area (TPSA) is 86.5 Å². The molecule has 0 amide bonds. The summed E-state index contributed by atoms with van der Waals surface area (Å²) in [6.07, 6.45) is 3.29. The van der Waals surface area contributed by atoms with Crippen molar-refractivity contribution in [3.63, 3.8) is 0 Å². The number of nitrogens with one attached hydrogen (secondary N) is 2. The molecule has 0 fully saturated rings. The number of nitriles is 1. The summed E-state index contributed by atoms with van der Waals surface area (Å²) in [5, 5.41) is 16.3. The largest absolute Gasteiger partial charge is 0.368 e. The number of rotatable bonds is 6. The molecule has 0 spiro atoms. The number of halogens is 2. The van der Waals surface area contributed by atoms with Crippen molar-refractivity contribution in [2.45, 2.75) is 6.92 Å². The highest BCUT2D eigenvalue weighted by molar-refractivity contribution is 6.36. The van der Waals surface area contributed by atoms with E-state index in [1.54, 1.807) is 36.5 Å². The van der Waals surface area contributed by atoms with Crippen LogP contribution in [0.5, 0.6) is 0 Å². The van der Waals surface area contributed by atoms with E-state index in [1.807, 2.05) is 13.0 Å². The zero-order valence-corrected chi connectivity index (χ0v) is 16.0. The SMILES string of the molecule is Cc1cnc(-c2ccc(Cl)cc2Cl)nc1NCCNc1ccc(C#N)cn1. The quantitative estimate of drug-likeness (QED) is 0.592. The van der Waals surface area contributed by atoms with Crippen molar-refractivity contribution in [1.29, 1.82) is 5.26 Å². The van der Waals surface area contributed by atoms with Crippen molar-refractivity contribution in [2.24, 2.45) is 0 Å². The average molecular weight is 399 g/mol. The van der Waals surface area contributed by atoms with Crippen LogP contribution in [0.4, 0.5) is 11.6 Å². The van der Waals surface area contributed by atoms with Crippen molar-refractivity contribution < 1.29 is 0 Å². The summed E-state index contributed by atoms with van der Waals surface area (Å²) in [6.45, 7) is 3.21. The lowest BCUT2D eigenvalue weighted by atomic mass is 10.2. The van der Waals surface area contributed by atoms with E-state index in [9.17, 15) is 0 Å². The van der Waals surface area contributed by atoms with E-state index in [1.165, 1.54) is 6.20 Å². The molecule has 0 unspecified atom stereocenters. The van der Waals surface area contributed by atoms with Crippen molar-refractivity contribution in [2.75, 3.05) is 23.7 Å². The third-order valence-electron chi connectivity index (χ3n) is 3.76. The van der Waals surface area contributed by atoms with E-state index in [2.05, 4.69) is 25.6 Å². The minimum Gasteiger partial charge on any atom is -0.368 e. The van der Waals surface area contributed by atoms with E-state index in [0.717, 1.165) is 16.9 Å². The van der Waals surface area contributed by atoms with Gasteiger partial charge in [0, 0.05) is 41.6 Å². The summed E-state index contributed by atoms with van der Waals surface area (Å²) < 4.78 is 0. The lowest BCUT2D eigenvalue weighted by molar-refractivity contribution is 1.03. The van der Waals surface area contributed by atoms with Gasteiger partial charge in [-0.3, -0.25) is 0 Å². The van der Waals surface area contributed by atoms with E-state index < -0.39 is 0 Å². The van der Waals surface area contributed by atoms with E-state index in [4.69, 9.17) is 28.5 Å². The van der Waals surface area contributed by atoms with Crippen molar-refractivity contribution in [3.05, 3.63) is 63.9 Å². The standard InChI is InChI=1S/C19H16Cl2N6/c1-12-10-26-19(15-4-3-14(20)8-16(15)21)27-18(12)24-7-6-23-17-5-2-13(9-22)11-25-17/h2-5,8,10-11H,6-7H2,1H3,(H,23,25)(H,24,26,27). The molecule has 0 atom stereocenters. The van der Waals surface area contributed by atoms with Crippen LogP contribution in [0, 0.1) is 18.3 Å². The fraction of sp³-hybridized carbons (Fsp3) is 0.158. The lowest BCUT2D eigenvalue weighted by Gasteiger charge is -2.11. The number of hydrogen-bond acceptors (Lipinski definition) is 6. The van der Waals surface area contributed by atoms with Crippen LogP contribution in [0.3, 0.4) is 0 Å². The van der Waals surface area contributed by atoms with Gasteiger partial charge in [-0.25, -0.2) is 15.0 Å². The van der Waals surface area contributed by atoms with Gasteiger partial charge in [0.1, 0.15) is 17.7 Å². The van der Waals surface area contributed by atoms with Crippen molar-refractivity contribution in [1.82, 2.24) is 15.0 Å². The fourth-order valence-electron chi connectivity index (χ4n) is 2.36. The van der Waals surface area contributed by atoms with Gasteiger partial charge in [-0.2, -0.15) is 5.26 Å². The molecule has 0 bridgehead atoms. The van der Waals surface area contributed by atoms with E-state index in [0.29, 0.717) is 40.3 Å². The number of pyridine rings is 1. The number of anilines is 2. The van der Waals surface area contributed by atoms with Crippen molar-refractivity contribution in [3.8, 4) is 17.5 Å². The van der Waals surface area contributed by atoms with E-state index >= 15 is 0 Å². The second kappa shape index (κ2) is 8.67. The Balaban J connectivity index is 1.63. The second-order valence-electron chi connectivity index (χ2n) is 5.75. The normalized spacial score (nSPS) is 10.3. The molecule has 0 radical (unpaired) electrons. The van der Waals surface area contributed by atoms with Crippen LogP contribution < -0.4 is 10.6 Å². The first-order chi connectivity index (χ1) is 13.1. The monoisotopic (exact) mass is 398 g/mol. The fourth-order valence-corrected chi connectivity index (χ4v) is 2.85. The van der Waals surface area contributed by atoms with Gasteiger partial charge in [-0.05, 0) is 37.3 Å². The summed E-state index contributed by atoms with van der Waals surface area (Å²) in [5.74, 6) is 1.98. The highest BCUT2D eigenvalue weighted by Crippen LogP contribution is 2.29. The summed E-state index contributed by atoms with van der Waals surface area (Å²) in [7, 11) is 0. The minimum atomic E-state index is 0.505. The number of aryl methyl sites for hydroxylation is 1. The van der Waals surface area contributed by atoms with Gasteiger partial charge in [-0.1, -0.05) is 23.2 Å². The van der Waals surface area contributed by atoms with Gasteiger partial charge in [0.2, 0.25) is 0 Å². The highest BCUT2D eigenvalue weighted by atomic mass is 35.5.